The first-order valence-electron chi connectivity index (χ1n) is 9.32. The van der Waals surface area contributed by atoms with Gasteiger partial charge in [0.25, 0.3) is 0 Å². The molecule has 0 aliphatic rings. The number of carboxylic acids is 1. The molecule has 12 nitrogen and oxygen atoms in total. The van der Waals surface area contributed by atoms with Crippen LogP contribution < -0.4 is 16.4 Å². The number of imidazole rings is 1. The molecule has 12 heteroatoms. The van der Waals surface area contributed by atoms with Crippen molar-refractivity contribution in [3.63, 3.8) is 0 Å². The summed E-state index contributed by atoms with van der Waals surface area (Å²) in [5.74, 6) is -1.32. The van der Waals surface area contributed by atoms with Crippen molar-refractivity contribution in [2.45, 2.75) is 44.7 Å². The van der Waals surface area contributed by atoms with E-state index in [1.54, 1.807) is 12.5 Å². The molecule has 0 radical (unpaired) electrons. The molecule has 29 heavy (non-hydrogen) atoms. The van der Waals surface area contributed by atoms with Crippen LogP contribution in [0.3, 0.4) is 0 Å². The molecular weight excluding hydrogens is 380 g/mol. The molecule has 0 saturated carbocycles. The van der Waals surface area contributed by atoms with Crippen LogP contribution in [0.5, 0.6) is 0 Å². The first-order valence-corrected chi connectivity index (χ1v) is 9.32. The van der Waals surface area contributed by atoms with Crippen molar-refractivity contribution in [1.82, 2.24) is 30.2 Å². The predicted molar refractivity (Wildman–Crippen MR) is 104 cm³/mol. The minimum atomic E-state index is -1.14. The fourth-order valence-corrected chi connectivity index (χ4v) is 2.67. The lowest BCUT2D eigenvalue weighted by atomic mass is 10.1. The van der Waals surface area contributed by atoms with Crippen molar-refractivity contribution in [2.24, 2.45) is 5.73 Å². The van der Waals surface area contributed by atoms with Gasteiger partial charge in [-0.2, -0.15) is 0 Å². The number of amides is 1. The summed E-state index contributed by atoms with van der Waals surface area (Å²) in [6.45, 7) is 1.31. The molecular formula is C17H26N8O4. The number of unbranched alkanes of at least 4 members (excludes halogenated alkanes) is 2. The highest BCUT2D eigenvalue weighted by atomic mass is 16.5. The SMILES string of the molecule is N=C(N)NCCC[C@H](NC(=O)OCCCCCn1cnc2cncnc21)C(=O)O. The molecule has 2 aromatic heterocycles. The number of nitrogens with one attached hydrogen (secondary N) is 3. The van der Waals surface area contributed by atoms with Crippen molar-refractivity contribution in [3.8, 4) is 0 Å². The van der Waals surface area contributed by atoms with E-state index in [0.717, 1.165) is 30.6 Å². The number of aliphatic carboxylic acids is 1. The van der Waals surface area contributed by atoms with Crippen molar-refractivity contribution in [1.29, 1.82) is 5.41 Å². The number of hydrogen-bond donors (Lipinski definition) is 5. The Bertz CT molecular complexity index is 825. The molecule has 0 spiro atoms. The number of aryl methyl sites for hydroxylation is 1. The van der Waals surface area contributed by atoms with Crippen LogP contribution in [-0.4, -0.2) is 61.8 Å². The first-order chi connectivity index (χ1) is 14.0. The van der Waals surface area contributed by atoms with Crippen molar-refractivity contribution >= 4 is 29.2 Å². The standard InChI is InChI=1S/C17H26N8O4/c18-16(19)21-6-4-5-12(15(26)27)24-17(28)29-8-3-1-2-7-25-11-23-13-9-20-10-22-14(13)25/h9-12H,1-8H2,(H,24,28)(H,26,27)(H4,18,19,21)/t12-/m0/s1. The molecule has 6 N–H and O–H groups in total. The number of fused-ring (bicyclic) bond motifs is 1. The van der Waals surface area contributed by atoms with Crippen LogP contribution in [0.15, 0.2) is 18.9 Å². The maximum Gasteiger partial charge on any atom is 0.407 e. The minimum Gasteiger partial charge on any atom is -0.480 e. The molecule has 2 heterocycles. The number of ether oxygens (including phenoxy) is 1. The van der Waals surface area contributed by atoms with E-state index < -0.39 is 18.1 Å². The fourth-order valence-electron chi connectivity index (χ4n) is 2.67. The number of rotatable bonds is 12. The second-order valence-corrected chi connectivity index (χ2v) is 6.38. The van der Waals surface area contributed by atoms with Gasteiger partial charge in [0.2, 0.25) is 0 Å². The number of nitrogens with two attached hydrogens (primary N) is 1. The van der Waals surface area contributed by atoms with Crippen molar-refractivity contribution in [2.75, 3.05) is 13.2 Å². The average Bonchev–Trinajstić information content (AvgIpc) is 3.09. The Balaban J connectivity index is 1.59. The fraction of sp³-hybridized carbons (Fsp3) is 0.529. The summed E-state index contributed by atoms with van der Waals surface area (Å²) >= 11 is 0. The van der Waals surface area contributed by atoms with Crippen molar-refractivity contribution < 1.29 is 19.4 Å². The van der Waals surface area contributed by atoms with E-state index in [2.05, 4.69) is 25.6 Å². The van der Waals surface area contributed by atoms with Gasteiger partial charge < -0.3 is 30.8 Å². The summed E-state index contributed by atoms with van der Waals surface area (Å²) in [6, 6.07) is -1.05. The summed E-state index contributed by atoms with van der Waals surface area (Å²) in [6.07, 6.45) is 7.11. The number of carbonyl (C=O) groups excluding carboxylic acids is 1. The highest BCUT2D eigenvalue weighted by Gasteiger charge is 2.20. The summed E-state index contributed by atoms with van der Waals surface area (Å²) in [5, 5.41) is 21.1. The zero-order valence-electron chi connectivity index (χ0n) is 16.0. The van der Waals surface area contributed by atoms with Crippen LogP contribution in [0.1, 0.15) is 32.1 Å². The molecule has 0 unspecified atom stereocenters. The van der Waals surface area contributed by atoms with Crippen molar-refractivity contribution in [3.05, 3.63) is 18.9 Å². The molecule has 0 aliphatic heterocycles. The zero-order chi connectivity index (χ0) is 21.1. The molecule has 0 aromatic carbocycles. The van der Waals surface area contributed by atoms with E-state index in [-0.39, 0.29) is 19.0 Å². The van der Waals surface area contributed by atoms with Gasteiger partial charge in [0.1, 0.15) is 17.9 Å². The van der Waals surface area contributed by atoms with Crippen LogP contribution in [0.4, 0.5) is 4.79 Å². The van der Waals surface area contributed by atoms with Gasteiger partial charge in [-0.05, 0) is 32.1 Å². The Morgan fingerprint density at radius 1 is 1.28 bits per heavy atom. The third-order valence-corrected chi connectivity index (χ3v) is 4.13. The lowest BCUT2D eigenvalue weighted by Crippen LogP contribution is -2.42. The third-order valence-electron chi connectivity index (χ3n) is 4.13. The number of aromatic nitrogens is 4. The summed E-state index contributed by atoms with van der Waals surface area (Å²) in [5.41, 5.74) is 6.68. The van der Waals surface area contributed by atoms with Gasteiger partial charge in [0, 0.05) is 13.1 Å². The largest absolute Gasteiger partial charge is 0.480 e. The van der Waals surface area contributed by atoms with Gasteiger partial charge >= 0.3 is 12.1 Å². The van der Waals surface area contributed by atoms with Gasteiger partial charge in [-0.3, -0.25) is 5.41 Å². The summed E-state index contributed by atoms with van der Waals surface area (Å²) in [4.78, 5) is 35.3. The molecule has 158 valence electrons. The number of nitrogens with zero attached hydrogens (tertiary/aromatic N) is 4. The average molecular weight is 406 g/mol. The van der Waals surface area contributed by atoms with E-state index in [9.17, 15) is 9.59 Å². The number of carbonyl (C=O) groups is 2. The number of carboxylic acid groups (broad SMARTS) is 1. The third kappa shape index (κ3) is 7.60. The molecule has 2 rings (SSSR count). The quantitative estimate of drug-likeness (QED) is 0.190. The molecule has 1 atom stereocenters. The first kappa shape index (κ1) is 21.9. The Morgan fingerprint density at radius 3 is 2.86 bits per heavy atom. The second kappa shape index (κ2) is 11.4. The zero-order valence-corrected chi connectivity index (χ0v) is 16.0. The second-order valence-electron chi connectivity index (χ2n) is 6.38. The maximum atomic E-state index is 11.8. The normalized spacial score (nSPS) is 11.7. The summed E-state index contributed by atoms with van der Waals surface area (Å²) in [7, 11) is 0. The van der Waals surface area contributed by atoms with Crippen LogP contribution in [0.2, 0.25) is 0 Å². The number of hydrogen-bond acceptors (Lipinski definition) is 7. The van der Waals surface area contributed by atoms with E-state index >= 15 is 0 Å². The highest BCUT2D eigenvalue weighted by molar-refractivity contribution is 5.79. The van der Waals surface area contributed by atoms with Crippen LogP contribution >= 0.6 is 0 Å². The smallest absolute Gasteiger partial charge is 0.407 e. The Hall–Kier alpha value is -3.44. The maximum absolute atomic E-state index is 11.8. The molecule has 0 bridgehead atoms. The lowest BCUT2D eigenvalue weighted by Gasteiger charge is -2.14. The Kier molecular flexibility index (Phi) is 8.60. The molecule has 0 aliphatic carbocycles. The summed E-state index contributed by atoms with van der Waals surface area (Å²) < 4.78 is 7.00. The lowest BCUT2D eigenvalue weighted by molar-refractivity contribution is -0.139. The Labute approximate surface area is 167 Å². The van der Waals surface area contributed by atoms with Gasteiger partial charge in [-0.25, -0.2) is 24.5 Å². The van der Waals surface area contributed by atoms with Gasteiger partial charge in [0.05, 0.1) is 19.1 Å². The number of alkyl carbamates (subject to hydrolysis) is 1. The highest BCUT2D eigenvalue weighted by Crippen LogP contribution is 2.09. The topological polar surface area (TPSA) is 181 Å². The molecule has 1 amide bonds. The van der Waals surface area contributed by atoms with Crippen LogP contribution in [-0.2, 0) is 16.1 Å². The van der Waals surface area contributed by atoms with E-state index in [1.807, 2.05) is 4.57 Å². The van der Waals surface area contributed by atoms with Gasteiger partial charge in [-0.1, -0.05) is 0 Å². The molecule has 0 saturated heterocycles. The monoisotopic (exact) mass is 406 g/mol. The minimum absolute atomic E-state index is 0.182. The predicted octanol–water partition coefficient (Wildman–Crippen LogP) is 0.439. The van der Waals surface area contributed by atoms with Crippen LogP contribution in [0, 0.1) is 5.41 Å². The molecule has 2 aromatic rings. The van der Waals surface area contributed by atoms with E-state index in [4.69, 9.17) is 21.0 Å². The van der Waals surface area contributed by atoms with Gasteiger partial charge in [-0.15, -0.1) is 0 Å². The number of guanidine groups is 1. The van der Waals surface area contributed by atoms with E-state index in [0.29, 0.717) is 19.4 Å². The molecule has 0 fully saturated rings. The van der Waals surface area contributed by atoms with Crippen LogP contribution in [0.25, 0.3) is 11.2 Å². The Morgan fingerprint density at radius 2 is 2.10 bits per heavy atom. The van der Waals surface area contributed by atoms with Gasteiger partial charge in [0.15, 0.2) is 11.6 Å². The van der Waals surface area contributed by atoms with E-state index in [1.165, 1.54) is 6.33 Å².